The molecule has 0 heterocycles. The second kappa shape index (κ2) is 7.79. The summed E-state index contributed by atoms with van der Waals surface area (Å²) in [7, 11) is 0. The molecule has 116 valence electrons. The van der Waals surface area contributed by atoms with Crippen molar-refractivity contribution in [1.82, 2.24) is 0 Å². The number of hydrogen-bond acceptors (Lipinski definition) is 3. The number of carbonyl (C=O) groups is 1. The molecule has 2 aromatic carbocycles. The molecule has 0 bridgehead atoms. The fourth-order valence-corrected chi connectivity index (χ4v) is 2.71. The molecule has 0 amide bonds. The number of halogens is 1. The highest BCUT2D eigenvalue weighted by molar-refractivity contribution is 14.1. The van der Waals surface area contributed by atoms with Crippen molar-refractivity contribution in [3.05, 3.63) is 62.7 Å². The van der Waals surface area contributed by atoms with E-state index in [4.69, 9.17) is 9.84 Å². The monoisotopic (exact) mass is 419 g/mol. The van der Waals surface area contributed by atoms with Gasteiger partial charge in [0.2, 0.25) is 0 Å². The molecule has 0 aliphatic heterocycles. The molecule has 4 nitrogen and oxygen atoms in total. The first-order valence-electron chi connectivity index (χ1n) is 6.93. The highest BCUT2D eigenvalue weighted by Gasteiger charge is 2.06. The van der Waals surface area contributed by atoms with Gasteiger partial charge in [0.25, 0.3) is 0 Å². The van der Waals surface area contributed by atoms with Crippen LogP contribution in [0.4, 0.5) is 0 Å². The predicted octanol–water partition coefficient (Wildman–Crippen LogP) is 4.45. The van der Waals surface area contributed by atoms with Gasteiger partial charge in [-0.05, 0) is 71.0 Å². The highest BCUT2D eigenvalue weighted by Crippen LogP contribution is 2.25. The van der Waals surface area contributed by atoms with Gasteiger partial charge in [-0.3, -0.25) is 0 Å². The molecule has 0 aliphatic rings. The van der Waals surface area contributed by atoms with Gasteiger partial charge in [0.05, 0.1) is 27.4 Å². The Morgan fingerprint density at radius 1 is 1.26 bits per heavy atom. The van der Waals surface area contributed by atoms with Crippen molar-refractivity contribution in [2.75, 3.05) is 6.61 Å². The molecule has 0 saturated carbocycles. The number of rotatable bonds is 5. The average molecular weight is 419 g/mol. The van der Waals surface area contributed by atoms with Crippen LogP contribution in [-0.2, 0) is 0 Å². The first kappa shape index (κ1) is 17.0. The normalized spacial score (nSPS) is 10.9. The van der Waals surface area contributed by atoms with Gasteiger partial charge in [-0.2, -0.15) is 5.26 Å². The van der Waals surface area contributed by atoms with Gasteiger partial charge in [0.1, 0.15) is 5.75 Å². The molecule has 5 heteroatoms. The van der Waals surface area contributed by atoms with Gasteiger partial charge in [-0.25, -0.2) is 4.79 Å². The lowest BCUT2D eigenvalue weighted by molar-refractivity contribution is 0.0697. The van der Waals surface area contributed by atoms with Crippen LogP contribution in [0, 0.1) is 14.9 Å². The van der Waals surface area contributed by atoms with Crippen molar-refractivity contribution in [3.8, 4) is 11.8 Å². The van der Waals surface area contributed by atoms with Crippen LogP contribution in [0.3, 0.4) is 0 Å². The number of ether oxygens (including phenoxy) is 1. The molecule has 2 aromatic rings. The lowest BCUT2D eigenvalue weighted by atomic mass is 10.0. The minimum Gasteiger partial charge on any atom is -0.493 e. The topological polar surface area (TPSA) is 70.3 Å². The number of nitriles is 1. The van der Waals surface area contributed by atoms with Gasteiger partial charge in [-0.15, -0.1) is 0 Å². The largest absolute Gasteiger partial charge is 0.493 e. The number of allylic oxidation sites excluding steroid dienone is 1. The third-order valence-corrected chi connectivity index (χ3v) is 3.97. The second-order valence-corrected chi connectivity index (χ2v) is 5.84. The average Bonchev–Trinajstić information content (AvgIpc) is 2.55. The van der Waals surface area contributed by atoms with E-state index >= 15 is 0 Å². The number of hydrogen-bond donors (Lipinski definition) is 1. The number of carboxylic acid groups (broad SMARTS) is 1. The summed E-state index contributed by atoms with van der Waals surface area (Å²) in [5.74, 6) is -0.172. The number of benzene rings is 2. The minimum atomic E-state index is -0.986. The summed E-state index contributed by atoms with van der Waals surface area (Å²) in [5, 5.41) is 18.3. The summed E-state index contributed by atoms with van der Waals surface area (Å²) in [4.78, 5) is 10.9. The molecule has 0 aromatic heterocycles. The maximum absolute atomic E-state index is 10.9. The summed E-state index contributed by atoms with van der Waals surface area (Å²) in [5.41, 5.74) is 2.24. The standard InChI is InChI=1S/C18H14INO3/c1-2-23-17-8-3-12(10-16(17)19)9-15(11-20)13-4-6-14(7-5-13)18(21)22/h3-10H,2H2,1H3,(H,21,22). The summed E-state index contributed by atoms with van der Waals surface area (Å²) < 4.78 is 6.46. The van der Waals surface area contributed by atoms with E-state index in [-0.39, 0.29) is 5.56 Å². The molecule has 1 N–H and O–H groups in total. The molecule has 0 saturated heterocycles. The zero-order valence-corrected chi connectivity index (χ0v) is 14.6. The smallest absolute Gasteiger partial charge is 0.335 e. The fraction of sp³-hybridized carbons (Fsp3) is 0.111. The van der Waals surface area contributed by atoms with Crippen molar-refractivity contribution < 1.29 is 14.6 Å². The minimum absolute atomic E-state index is 0.196. The lowest BCUT2D eigenvalue weighted by Gasteiger charge is -2.07. The molecular formula is C18H14INO3. The van der Waals surface area contributed by atoms with Crippen molar-refractivity contribution in [2.24, 2.45) is 0 Å². The summed E-state index contributed by atoms with van der Waals surface area (Å²) in [6.07, 6.45) is 1.77. The second-order valence-electron chi connectivity index (χ2n) is 4.68. The predicted molar refractivity (Wildman–Crippen MR) is 97.2 cm³/mol. The fourth-order valence-electron chi connectivity index (χ4n) is 2.02. The van der Waals surface area contributed by atoms with Crippen molar-refractivity contribution in [1.29, 1.82) is 5.26 Å². The van der Waals surface area contributed by atoms with Crippen molar-refractivity contribution in [2.45, 2.75) is 6.92 Å². The van der Waals surface area contributed by atoms with Crippen LogP contribution < -0.4 is 4.74 Å². The van der Waals surface area contributed by atoms with E-state index < -0.39 is 5.97 Å². The van der Waals surface area contributed by atoms with Crippen LogP contribution in [0.15, 0.2) is 42.5 Å². The third-order valence-electron chi connectivity index (χ3n) is 3.13. The van der Waals surface area contributed by atoms with E-state index in [1.807, 2.05) is 25.1 Å². The maximum Gasteiger partial charge on any atom is 0.335 e. The van der Waals surface area contributed by atoms with Crippen LogP contribution >= 0.6 is 22.6 Å². The Morgan fingerprint density at radius 3 is 2.43 bits per heavy atom. The molecule has 2 rings (SSSR count). The van der Waals surface area contributed by atoms with E-state index in [2.05, 4.69) is 28.7 Å². The summed E-state index contributed by atoms with van der Waals surface area (Å²) in [6, 6.07) is 14.1. The Bertz CT molecular complexity index is 789. The lowest BCUT2D eigenvalue weighted by Crippen LogP contribution is -1.95. The highest BCUT2D eigenvalue weighted by atomic mass is 127. The van der Waals surface area contributed by atoms with Crippen LogP contribution in [0.1, 0.15) is 28.4 Å². The van der Waals surface area contributed by atoms with E-state index in [1.165, 1.54) is 12.1 Å². The Morgan fingerprint density at radius 2 is 1.91 bits per heavy atom. The third kappa shape index (κ3) is 4.33. The zero-order chi connectivity index (χ0) is 16.8. The van der Waals surface area contributed by atoms with E-state index in [0.717, 1.165) is 14.9 Å². The molecular weight excluding hydrogens is 405 g/mol. The van der Waals surface area contributed by atoms with E-state index in [0.29, 0.717) is 17.7 Å². The summed E-state index contributed by atoms with van der Waals surface area (Å²) in [6.45, 7) is 2.53. The van der Waals surface area contributed by atoms with Gasteiger partial charge >= 0.3 is 5.97 Å². The number of nitrogens with zero attached hydrogens (tertiary/aromatic N) is 1. The Balaban J connectivity index is 2.33. The van der Waals surface area contributed by atoms with Crippen molar-refractivity contribution >= 4 is 40.2 Å². The van der Waals surface area contributed by atoms with Gasteiger partial charge < -0.3 is 9.84 Å². The molecule has 0 fully saturated rings. The molecule has 0 radical (unpaired) electrons. The van der Waals surface area contributed by atoms with Crippen LogP contribution in [-0.4, -0.2) is 17.7 Å². The Kier molecular flexibility index (Phi) is 5.77. The number of carboxylic acids is 1. The zero-order valence-electron chi connectivity index (χ0n) is 12.4. The molecule has 23 heavy (non-hydrogen) atoms. The quantitative estimate of drug-likeness (QED) is 0.442. The first-order valence-corrected chi connectivity index (χ1v) is 8.01. The molecule has 0 unspecified atom stereocenters. The number of aromatic carboxylic acids is 1. The van der Waals surface area contributed by atoms with Crippen LogP contribution in [0.2, 0.25) is 0 Å². The van der Waals surface area contributed by atoms with E-state index in [9.17, 15) is 10.1 Å². The first-order chi connectivity index (χ1) is 11.0. The van der Waals surface area contributed by atoms with Crippen LogP contribution in [0.25, 0.3) is 11.6 Å². The summed E-state index contributed by atoms with van der Waals surface area (Å²) >= 11 is 2.19. The van der Waals surface area contributed by atoms with Gasteiger partial charge in [-0.1, -0.05) is 18.2 Å². The van der Waals surface area contributed by atoms with Gasteiger partial charge in [0, 0.05) is 0 Å². The molecule has 0 atom stereocenters. The Labute approximate surface area is 148 Å². The SMILES string of the molecule is CCOc1ccc(C=C(C#N)c2ccc(C(=O)O)cc2)cc1I. The Hall–Kier alpha value is -2.33. The molecule has 0 aliphatic carbocycles. The van der Waals surface area contributed by atoms with Crippen LogP contribution in [0.5, 0.6) is 5.75 Å². The van der Waals surface area contributed by atoms with E-state index in [1.54, 1.807) is 18.2 Å². The molecule has 0 spiro atoms. The van der Waals surface area contributed by atoms with Gasteiger partial charge in [0.15, 0.2) is 0 Å². The maximum atomic E-state index is 10.9. The van der Waals surface area contributed by atoms with Crippen molar-refractivity contribution in [3.63, 3.8) is 0 Å².